The van der Waals surface area contributed by atoms with Gasteiger partial charge in [-0.15, -0.1) is 0 Å². The number of imidazole rings is 1. The lowest BCUT2D eigenvalue weighted by Gasteiger charge is -2.02. The number of hydrogen-bond acceptors (Lipinski definition) is 4. The highest BCUT2D eigenvalue weighted by Gasteiger charge is 2.44. The van der Waals surface area contributed by atoms with Crippen LogP contribution in [0.25, 0.3) is 0 Å². The van der Waals surface area contributed by atoms with Crippen molar-refractivity contribution in [3.8, 4) is 12.1 Å². The molecule has 0 saturated heterocycles. The molecule has 1 aromatic carbocycles. The first-order valence-electron chi connectivity index (χ1n) is 6.59. The number of carbonyl (C=O) groups is 1. The first-order chi connectivity index (χ1) is 10.6. The fourth-order valence-corrected chi connectivity index (χ4v) is 2.81. The average molecular weight is 356 g/mol. The van der Waals surface area contributed by atoms with Crippen molar-refractivity contribution in [2.45, 2.75) is 12.3 Å². The normalized spacial score (nSPS) is 19.0. The van der Waals surface area contributed by atoms with Crippen molar-refractivity contribution in [1.29, 1.82) is 10.5 Å². The van der Waals surface area contributed by atoms with Gasteiger partial charge in [-0.3, -0.25) is 10.1 Å². The molecule has 1 aliphatic carbocycles. The SMILES string of the molecule is N#Cc1nc(NC(=O)[C@@H]2C[C@@H]2c2cccc(Br)c2)[nH]c1C#N. The summed E-state index contributed by atoms with van der Waals surface area (Å²) >= 11 is 3.42. The second-order valence-electron chi connectivity index (χ2n) is 5.03. The monoisotopic (exact) mass is 355 g/mol. The predicted octanol–water partition coefficient (Wildman–Crippen LogP) is 2.66. The Morgan fingerprint density at radius 3 is 2.86 bits per heavy atom. The second kappa shape index (κ2) is 5.63. The summed E-state index contributed by atoms with van der Waals surface area (Å²) in [6.45, 7) is 0. The van der Waals surface area contributed by atoms with Crippen molar-refractivity contribution < 1.29 is 4.79 Å². The molecule has 0 bridgehead atoms. The fourth-order valence-electron chi connectivity index (χ4n) is 2.39. The summed E-state index contributed by atoms with van der Waals surface area (Å²) in [7, 11) is 0. The van der Waals surface area contributed by atoms with E-state index in [9.17, 15) is 4.79 Å². The zero-order valence-electron chi connectivity index (χ0n) is 11.3. The third-order valence-electron chi connectivity index (χ3n) is 3.57. The molecule has 1 fully saturated rings. The van der Waals surface area contributed by atoms with Gasteiger partial charge in [-0.25, -0.2) is 4.98 Å². The van der Waals surface area contributed by atoms with Crippen LogP contribution in [-0.4, -0.2) is 15.9 Å². The van der Waals surface area contributed by atoms with E-state index in [4.69, 9.17) is 10.5 Å². The number of carbonyl (C=O) groups excluding carboxylic acids is 1. The maximum Gasteiger partial charge on any atom is 0.230 e. The van der Waals surface area contributed by atoms with Gasteiger partial charge < -0.3 is 4.98 Å². The lowest BCUT2D eigenvalue weighted by atomic mass is 10.1. The molecule has 0 radical (unpaired) electrons. The van der Waals surface area contributed by atoms with Crippen LogP contribution in [-0.2, 0) is 4.79 Å². The maximum absolute atomic E-state index is 12.2. The summed E-state index contributed by atoms with van der Waals surface area (Å²) in [5.41, 5.74) is 1.15. The molecule has 0 unspecified atom stereocenters. The molecule has 1 amide bonds. The Morgan fingerprint density at radius 1 is 1.41 bits per heavy atom. The zero-order chi connectivity index (χ0) is 15.7. The third kappa shape index (κ3) is 2.72. The summed E-state index contributed by atoms with van der Waals surface area (Å²) in [5, 5.41) is 20.3. The average Bonchev–Trinajstić information content (AvgIpc) is 3.22. The smallest absolute Gasteiger partial charge is 0.230 e. The molecule has 1 aromatic heterocycles. The summed E-state index contributed by atoms with van der Waals surface area (Å²) in [6, 6.07) is 11.5. The van der Waals surface area contributed by atoms with Crippen LogP contribution >= 0.6 is 15.9 Å². The van der Waals surface area contributed by atoms with Crippen LogP contribution in [0.4, 0.5) is 5.95 Å². The van der Waals surface area contributed by atoms with Crippen molar-refractivity contribution in [2.24, 2.45) is 5.92 Å². The zero-order valence-corrected chi connectivity index (χ0v) is 12.9. The Balaban J connectivity index is 1.68. The van der Waals surface area contributed by atoms with Crippen LogP contribution in [0.1, 0.15) is 29.3 Å². The molecule has 0 aliphatic heterocycles. The minimum Gasteiger partial charge on any atom is -0.314 e. The van der Waals surface area contributed by atoms with E-state index in [0.29, 0.717) is 0 Å². The lowest BCUT2D eigenvalue weighted by molar-refractivity contribution is -0.117. The molecule has 2 N–H and O–H groups in total. The summed E-state index contributed by atoms with van der Waals surface area (Å²) in [4.78, 5) is 18.7. The van der Waals surface area contributed by atoms with E-state index in [1.54, 1.807) is 6.07 Å². The van der Waals surface area contributed by atoms with Gasteiger partial charge in [-0.05, 0) is 30.0 Å². The number of benzene rings is 1. The van der Waals surface area contributed by atoms with Crippen molar-refractivity contribution in [3.05, 3.63) is 45.7 Å². The van der Waals surface area contributed by atoms with Gasteiger partial charge >= 0.3 is 0 Å². The van der Waals surface area contributed by atoms with E-state index >= 15 is 0 Å². The maximum atomic E-state index is 12.2. The highest BCUT2D eigenvalue weighted by atomic mass is 79.9. The Hall–Kier alpha value is -2.64. The van der Waals surface area contributed by atoms with Crippen molar-refractivity contribution in [3.63, 3.8) is 0 Å². The summed E-state index contributed by atoms with van der Waals surface area (Å²) < 4.78 is 0.986. The number of H-pyrrole nitrogens is 1. The number of halogens is 1. The molecule has 6 nitrogen and oxygen atoms in total. The van der Waals surface area contributed by atoms with E-state index < -0.39 is 0 Å². The van der Waals surface area contributed by atoms with Gasteiger partial charge in [0.05, 0.1) is 0 Å². The van der Waals surface area contributed by atoms with Gasteiger partial charge in [0, 0.05) is 10.4 Å². The van der Waals surface area contributed by atoms with Gasteiger partial charge in [-0.2, -0.15) is 10.5 Å². The van der Waals surface area contributed by atoms with Gasteiger partial charge in [-0.1, -0.05) is 28.1 Å². The Morgan fingerprint density at radius 2 is 2.23 bits per heavy atom. The van der Waals surface area contributed by atoms with Crippen molar-refractivity contribution >= 4 is 27.8 Å². The lowest BCUT2D eigenvalue weighted by Crippen LogP contribution is -2.15. The van der Waals surface area contributed by atoms with Crippen LogP contribution in [0.15, 0.2) is 28.7 Å². The number of rotatable bonds is 3. The molecule has 22 heavy (non-hydrogen) atoms. The minimum atomic E-state index is -0.160. The number of nitriles is 2. The van der Waals surface area contributed by atoms with Gasteiger partial charge in [0.25, 0.3) is 0 Å². The number of hydrogen-bond donors (Lipinski definition) is 2. The molecule has 2 aromatic rings. The van der Waals surface area contributed by atoms with Gasteiger partial charge in [0.1, 0.15) is 12.1 Å². The molecule has 1 heterocycles. The predicted molar refractivity (Wildman–Crippen MR) is 81.6 cm³/mol. The standard InChI is InChI=1S/C15H10BrN5O/c16-9-3-1-2-8(4-9)10-5-11(10)14(22)21-15-19-12(6-17)13(7-18)20-15/h1-4,10-11H,5H2,(H2,19,20,21,22)/t10-,11-/m1/s1. The first kappa shape index (κ1) is 14.3. The van der Waals surface area contributed by atoms with Crippen molar-refractivity contribution in [1.82, 2.24) is 9.97 Å². The highest BCUT2D eigenvalue weighted by molar-refractivity contribution is 9.10. The molecule has 7 heteroatoms. The van der Waals surface area contributed by atoms with E-state index in [1.165, 1.54) is 0 Å². The van der Waals surface area contributed by atoms with E-state index in [1.807, 2.05) is 30.3 Å². The molecular weight excluding hydrogens is 346 g/mol. The first-order valence-corrected chi connectivity index (χ1v) is 7.38. The molecule has 1 aliphatic rings. The molecule has 2 atom stereocenters. The summed E-state index contributed by atoms with van der Waals surface area (Å²) in [6.07, 6.45) is 0.777. The molecule has 108 valence electrons. The molecule has 3 rings (SSSR count). The van der Waals surface area contributed by atoms with Crippen LogP contribution in [0.5, 0.6) is 0 Å². The molecular formula is C15H10BrN5O. The Kier molecular flexibility index (Phi) is 3.66. The minimum absolute atomic E-state index is 0.0165. The van der Waals surface area contributed by atoms with Crippen LogP contribution in [0.2, 0.25) is 0 Å². The third-order valence-corrected chi connectivity index (χ3v) is 4.06. The quantitative estimate of drug-likeness (QED) is 0.882. The van der Waals surface area contributed by atoms with E-state index in [2.05, 4.69) is 31.2 Å². The number of nitrogens with zero attached hydrogens (tertiary/aromatic N) is 3. The molecule has 0 spiro atoms. The number of aromatic amines is 1. The Labute approximate surface area is 134 Å². The second-order valence-corrected chi connectivity index (χ2v) is 5.94. The van der Waals surface area contributed by atoms with Crippen molar-refractivity contribution in [2.75, 3.05) is 5.32 Å². The van der Waals surface area contributed by atoms with Gasteiger partial charge in [0.2, 0.25) is 11.9 Å². The van der Waals surface area contributed by atoms with E-state index in [-0.39, 0.29) is 35.1 Å². The van der Waals surface area contributed by atoms with Crippen LogP contribution in [0, 0.1) is 28.6 Å². The summed E-state index contributed by atoms with van der Waals surface area (Å²) in [5.74, 6) is 0.0551. The number of amides is 1. The largest absolute Gasteiger partial charge is 0.314 e. The number of aromatic nitrogens is 2. The van der Waals surface area contributed by atoms with Crippen LogP contribution < -0.4 is 5.32 Å². The fraction of sp³-hybridized carbons (Fsp3) is 0.200. The number of anilines is 1. The van der Waals surface area contributed by atoms with Crippen LogP contribution in [0.3, 0.4) is 0 Å². The Bertz CT molecular complexity index is 798. The number of nitrogens with one attached hydrogen (secondary N) is 2. The van der Waals surface area contributed by atoms with Gasteiger partial charge in [0.15, 0.2) is 11.4 Å². The van der Waals surface area contributed by atoms with E-state index in [0.717, 1.165) is 16.5 Å². The topological polar surface area (TPSA) is 105 Å². The highest BCUT2D eigenvalue weighted by Crippen LogP contribution is 2.48. The molecule has 1 saturated carbocycles.